The van der Waals surface area contributed by atoms with Gasteiger partial charge in [-0.25, -0.2) is 0 Å². The van der Waals surface area contributed by atoms with Gasteiger partial charge in [0.25, 0.3) is 0 Å². The summed E-state index contributed by atoms with van der Waals surface area (Å²) >= 11 is 3.50. The first-order chi connectivity index (χ1) is 11.8. The highest BCUT2D eigenvalue weighted by Crippen LogP contribution is 2.25. The molecule has 0 N–H and O–H groups in total. The second kappa shape index (κ2) is 9.01. The lowest BCUT2D eigenvalue weighted by atomic mass is 9.99. The van der Waals surface area contributed by atoms with Crippen molar-refractivity contribution < 1.29 is 9.53 Å². The molecule has 1 saturated heterocycles. The Kier molecular flexibility index (Phi) is 7.28. The van der Waals surface area contributed by atoms with Crippen LogP contribution < -0.4 is 4.74 Å². The highest BCUT2D eigenvalue weighted by Gasteiger charge is 2.32. The lowest BCUT2D eigenvalue weighted by Gasteiger charge is -2.40. The van der Waals surface area contributed by atoms with Gasteiger partial charge >= 0.3 is 0 Å². The number of rotatable bonds is 6. The quantitative estimate of drug-likeness (QED) is 0.720. The summed E-state index contributed by atoms with van der Waals surface area (Å²) in [7, 11) is 5.68. The maximum atomic E-state index is 13.2. The minimum absolute atomic E-state index is 0.0724. The van der Waals surface area contributed by atoms with Crippen molar-refractivity contribution in [1.82, 2.24) is 14.7 Å². The SMILES string of the molecule is COc1ccc(Br)cc1CN(C)C(=O)C(C(C)C)N1CCN(C)CC1. The van der Waals surface area contributed by atoms with Crippen molar-refractivity contribution in [3.8, 4) is 5.75 Å². The van der Waals surface area contributed by atoms with E-state index in [0.29, 0.717) is 6.54 Å². The first kappa shape index (κ1) is 20.2. The fourth-order valence-electron chi connectivity index (χ4n) is 3.39. The second-order valence-electron chi connectivity index (χ2n) is 7.18. The molecule has 1 aromatic carbocycles. The van der Waals surface area contributed by atoms with E-state index in [-0.39, 0.29) is 17.9 Å². The minimum atomic E-state index is -0.0724. The number of likely N-dealkylation sites (N-methyl/N-ethyl adjacent to an activating group) is 2. The Hall–Kier alpha value is -1.11. The van der Waals surface area contributed by atoms with Crippen molar-refractivity contribution in [2.45, 2.75) is 26.4 Å². The Morgan fingerprint density at radius 2 is 1.92 bits per heavy atom. The van der Waals surface area contributed by atoms with Gasteiger partial charge in [0.15, 0.2) is 0 Å². The molecule has 1 atom stereocenters. The number of carbonyl (C=O) groups is 1. The molecular weight excluding hydrogens is 382 g/mol. The van der Waals surface area contributed by atoms with E-state index in [2.05, 4.69) is 46.6 Å². The van der Waals surface area contributed by atoms with Crippen molar-refractivity contribution in [3.05, 3.63) is 28.2 Å². The lowest BCUT2D eigenvalue weighted by molar-refractivity contribution is -0.138. The Morgan fingerprint density at radius 3 is 2.48 bits per heavy atom. The van der Waals surface area contributed by atoms with Crippen LogP contribution in [0.1, 0.15) is 19.4 Å². The molecule has 140 valence electrons. The number of nitrogens with zero attached hydrogens (tertiary/aromatic N) is 3. The molecule has 1 unspecified atom stereocenters. The third-order valence-electron chi connectivity index (χ3n) is 4.84. The van der Waals surface area contributed by atoms with Crippen LogP contribution in [0.25, 0.3) is 0 Å². The minimum Gasteiger partial charge on any atom is -0.496 e. The molecule has 1 amide bonds. The summed E-state index contributed by atoms with van der Waals surface area (Å²) in [6.45, 7) is 8.72. The number of ether oxygens (including phenoxy) is 1. The van der Waals surface area contributed by atoms with Gasteiger partial charge in [-0.15, -0.1) is 0 Å². The van der Waals surface area contributed by atoms with E-state index in [4.69, 9.17) is 4.74 Å². The van der Waals surface area contributed by atoms with Crippen LogP contribution in [0.5, 0.6) is 5.75 Å². The third kappa shape index (κ3) is 5.19. The molecule has 1 heterocycles. The highest BCUT2D eigenvalue weighted by atomic mass is 79.9. The number of hydrogen-bond donors (Lipinski definition) is 0. The normalized spacial score (nSPS) is 17.6. The van der Waals surface area contributed by atoms with Gasteiger partial charge in [-0.1, -0.05) is 29.8 Å². The number of methoxy groups -OCH3 is 1. The van der Waals surface area contributed by atoms with Crippen LogP contribution in [0.3, 0.4) is 0 Å². The summed E-state index contributed by atoms with van der Waals surface area (Å²) in [5.74, 6) is 1.27. The first-order valence-electron chi connectivity index (χ1n) is 8.83. The Morgan fingerprint density at radius 1 is 1.28 bits per heavy atom. The van der Waals surface area contributed by atoms with E-state index < -0.39 is 0 Å². The topological polar surface area (TPSA) is 36.0 Å². The number of amides is 1. The number of hydrogen-bond acceptors (Lipinski definition) is 4. The summed E-state index contributed by atoms with van der Waals surface area (Å²) in [4.78, 5) is 19.6. The van der Waals surface area contributed by atoms with Crippen LogP contribution in [0, 0.1) is 5.92 Å². The molecular formula is C19H30BrN3O2. The fraction of sp³-hybridized carbons (Fsp3) is 0.632. The van der Waals surface area contributed by atoms with Crippen molar-refractivity contribution in [1.29, 1.82) is 0 Å². The smallest absolute Gasteiger partial charge is 0.240 e. The monoisotopic (exact) mass is 411 g/mol. The molecule has 0 aliphatic carbocycles. The zero-order chi connectivity index (χ0) is 18.6. The van der Waals surface area contributed by atoms with E-state index in [9.17, 15) is 4.79 Å². The van der Waals surface area contributed by atoms with Gasteiger partial charge < -0.3 is 14.5 Å². The maximum absolute atomic E-state index is 13.2. The van der Waals surface area contributed by atoms with Crippen molar-refractivity contribution in [2.75, 3.05) is 47.4 Å². The van der Waals surface area contributed by atoms with Crippen molar-refractivity contribution in [3.63, 3.8) is 0 Å². The van der Waals surface area contributed by atoms with Crippen LogP contribution in [-0.4, -0.2) is 74.0 Å². The summed E-state index contributed by atoms with van der Waals surface area (Å²) in [6.07, 6.45) is 0. The lowest BCUT2D eigenvalue weighted by Crippen LogP contribution is -2.56. The largest absolute Gasteiger partial charge is 0.496 e. The van der Waals surface area contributed by atoms with Crippen LogP contribution in [0.15, 0.2) is 22.7 Å². The Bertz CT molecular complexity index is 586. The molecule has 1 fully saturated rings. The summed E-state index contributed by atoms with van der Waals surface area (Å²) in [5.41, 5.74) is 1.01. The number of halogens is 1. The van der Waals surface area contributed by atoms with E-state index in [1.54, 1.807) is 7.11 Å². The van der Waals surface area contributed by atoms with Crippen LogP contribution in [0.4, 0.5) is 0 Å². The van der Waals surface area contributed by atoms with Crippen LogP contribution >= 0.6 is 15.9 Å². The molecule has 6 heteroatoms. The van der Waals surface area contributed by atoms with Gasteiger partial charge in [0.2, 0.25) is 5.91 Å². The van der Waals surface area contributed by atoms with Gasteiger partial charge in [0.05, 0.1) is 13.2 Å². The molecule has 1 aromatic rings. The zero-order valence-electron chi connectivity index (χ0n) is 16.0. The molecule has 25 heavy (non-hydrogen) atoms. The maximum Gasteiger partial charge on any atom is 0.240 e. The molecule has 1 aliphatic rings. The van der Waals surface area contributed by atoms with Gasteiger partial charge in [0, 0.05) is 49.8 Å². The first-order valence-corrected chi connectivity index (χ1v) is 9.62. The zero-order valence-corrected chi connectivity index (χ0v) is 17.5. The Labute approximate surface area is 160 Å². The number of piperazine rings is 1. The molecule has 1 aliphatic heterocycles. The molecule has 0 saturated carbocycles. The average molecular weight is 412 g/mol. The summed E-state index contributed by atoms with van der Waals surface area (Å²) < 4.78 is 6.43. The van der Waals surface area contributed by atoms with Crippen molar-refractivity contribution >= 4 is 21.8 Å². The average Bonchev–Trinajstić information content (AvgIpc) is 2.56. The van der Waals surface area contributed by atoms with Crippen molar-refractivity contribution in [2.24, 2.45) is 5.92 Å². The number of benzene rings is 1. The molecule has 0 aromatic heterocycles. The van der Waals surface area contributed by atoms with Gasteiger partial charge in [0.1, 0.15) is 5.75 Å². The second-order valence-corrected chi connectivity index (χ2v) is 8.09. The van der Waals surface area contributed by atoms with E-state index in [0.717, 1.165) is 42.0 Å². The molecule has 0 bridgehead atoms. The number of carbonyl (C=O) groups excluding carboxylic acids is 1. The molecule has 2 rings (SSSR count). The predicted molar refractivity (Wildman–Crippen MR) is 105 cm³/mol. The fourth-order valence-corrected chi connectivity index (χ4v) is 3.80. The molecule has 0 radical (unpaired) electrons. The van der Waals surface area contributed by atoms with E-state index in [1.165, 1.54) is 0 Å². The third-order valence-corrected chi connectivity index (χ3v) is 5.34. The molecule has 0 spiro atoms. The van der Waals surface area contributed by atoms with E-state index in [1.807, 2.05) is 30.1 Å². The van der Waals surface area contributed by atoms with Crippen LogP contribution in [0.2, 0.25) is 0 Å². The summed E-state index contributed by atoms with van der Waals surface area (Å²) in [5, 5.41) is 0. The highest BCUT2D eigenvalue weighted by molar-refractivity contribution is 9.10. The van der Waals surface area contributed by atoms with Crippen LogP contribution in [-0.2, 0) is 11.3 Å². The predicted octanol–water partition coefficient (Wildman–Crippen LogP) is 2.69. The standard InChI is InChI=1S/C19H30BrN3O2/c1-14(2)18(23-10-8-21(3)9-11-23)19(24)22(4)13-15-12-16(20)6-7-17(15)25-5/h6-7,12,14,18H,8-11,13H2,1-5H3. The van der Waals surface area contributed by atoms with Gasteiger partial charge in [-0.2, -0.15) is 0 Å². The summed E-state index contributed by atoms with van der Waals surface area (Å²) in [6, 6.07) is 5.82. The van der Waals surface area contributed by atoms with Gasteiger partial charge in [-0.3, -0.25) is 9.69 Å². The molecule has 5 nitrogen and oxygen atoms in total. The van der Waals surface area contributed by atoms with Gasteiger partial charge in [-0.05, 0) is 31.2 Å². The Balaban J connectivity index is 2.12. The van der Waals surface area contributed by atoms with E-state index >= 15 is 0 Å².